The number of nitrogens with one attached hydrogen (secondary N) is 1. The molecule has 0 bridgehead atoms. The zero-order chi connectivity index (χ0) is 15.4. The molecule has 0 atom stereocenters. The van der Waals surface area contributed by atoms with Crippen molar-refractivity contribution in [1.29, 1.82) is 0 Å². The van der Waals surface area contributed by atoms with Gasteiger partial charge in [-0.05, 0) is 64.8 Å². The fourth-order valence-corrected chi connectivity index (χ4v) is 3.40. The Kier molecular flexibility index (Phi) is 5.72. The molecule has 1 amide bonds. The number of amides is 1. The number of nitrogen functional groups attached to an aromatic ring is 1. The summed E-state index contributed by atoms with van der Waals surface area (Å²) in [4.78, 5) is 13.0. The lowest BCUT2D eigenvalue weighted by Gasteiger charge is -2.08. The summed E-state index contributed by atoms with van der Waals surface area (Å²) in [5.41, 5.74) is 8.27. The number of nitrogens with two attached hydrogens (primary N) is 1. The second-order valence-electron chi connectivity index (χ2n) is 4.49. The van der Waals surface area contributed by atoms with Gasteiger partial charge >= 0.3 is 0 Å². The molecule has 110 valence electrons. The van der Waals surface area contributed by atoms with E-state index in [4.69, 9.17) is 5.73 Å². The van der Waals surface area contributed by atoms with Gasteiger partial charge in [-0.3, -0.25) is 4.79 Å². The van der Waals surface area contributed by atoms with Crippen molar-refractivity contribution in [3.63, 3.8) is 0 Å². The van der Waals surface area contributed by atoms with Crippen molar-refractivity contribution < 1.29 is 4.79 Å². The Hall–Kier alpha value is -0.980. The summed E-state index contributed by atoms with van der Waals surface area (Å²) in [5.74, 6) is 0.308. The molecule has 0 aliphatic heterocycles. The van der Waals surface area contributed by atoms with Crippen LogP contribution in [0.4, 0.5) is 11.4 Å². The highest BCUT2D eigenvalue weighted by Crippen LogP contribution is 2.29. The first kappa shape index (κ1) is 16.4. The maximum atomic E-state index is 12.0. The second-order valence-corrected chi connectivity index (χ2v) is 7.22. The Balaban J connectivity index is 1.94. The van der Waals surface area contributed by atoms with Crippen LogP contribution in [0.1, 0.15) is 5.56 Å². The first-order valence-electron chi connectivity index (χ1n) is 6.19. The quantitative estimate of drug-likeness (QED) is 0.540. The van der Waals surface area contributed by atoms with E-state index in [1.54, 1.807) is 0 Å². The van der Waals surface area contributed by atoms with Crippen LogP contribution in [0, 0.1) is 6.92 Å². The van der Waals surface area contributed by atoms with Crippen molar-refractivity contribution in [2.24, 2.45) is 0 Å². The number of carbonyl (C=O) groups is 1. The number of hydrogen-bond donors (Lipinski definition) is 2. The lowest BCUT2D eigenvalue weighted by atomic mass is 10.2. The van der Waals surface area contributed by atoms with E-state index in [9.17, 15) is 4.79 Å². The number of anilines is 2. The van der Waals surface area contributed by atoms with Crippen LogP contribution in [0.5, 0.6) is 0 Å². The Bertz CT molecular complexity index is 677. The number of benzene rings is 2. The number of rotatable bonds is 4. The molecule has 2 aromatic carbocycles. The fourth-order valence-electron chi connectivity index (χ4n) is 1.70. The average molecular weight is 430 g/mol. The molecule has 0 aliphatic rings. The molecule has 0 unspecified atom stereocenters. The number of carbonyl (C=O) groups excluding carboxylic acids is 1. The second kappa shape index (κ2) is 7.33. The van der Waals surface area contributed by atoms with E-state index in [1.807, 2.05) is 43.3 Å². The molecule has 0 fully saturated rings. The van der Waals surface area contributed by atoms with E-state index in [-0.39, 0.29) is 5.91 Å². The molecule has 3 nitrogen and oxygen atoms in total. The third kappa shape index (κ3) is 4.76. The Morgan fingerprint density at radius 3 is 2.62 bits per heavy atom. The van der Waals surface area contributed by atoms with Gasteiger partial charge in [-0.2, -0.15) is 0 Å². The Morgan fingerprint density at radius 2 is 1.95 bits per heavy atom. The molecular weight excluding hydrogens is 416 g/mol. The summed E-state index contributed by atoms with van der Waals surface area (Å²) in [7, 11) is 0. The van der Waals surface area contributed by atoms with Gasteiger partial charge < -0.3 is 11.1 Å². The summed E-state index contributed by atoms with van der Waals surface area (Å²) in [5, 5.41) is 2.89. The number of halogens is 2. The summed E-state index contributed by atoms with van der Waals surface area (Å²) < 4.78 is 1.93. The van der Waals surface area contributed by atoms with E-state index >= 15 is 0 Å². The zero-order valence-corrected chi connectivity index (χ0v) is 15.3. The van der Waals surface area contributed by atoms with Gasteiger partial charge in [-0.1, -0.05) is 15.9 Å². The van der Waals surface area contributed by atoms with Gasteiger partial charge in [0.15, 0.2) is 0 Å². The molecular formula is C15H14Br2N2OS. The van der Waals surface area contributed by atoms with E-state index in [0.717, 1.165) is 25.1 Å². The van der Waals surface area contributed by atoms with Gasteiger partial charge in [0.2, 0.25) is 5.91 Å². The third-order valence-corrected chi connectivity index (χ3v) is 5.64. The highest BCUT2D eigenvalue weighted by molar-refractivity contribution is 9.10. The molecule has 0 aromatic heterocycles. The Morgan fingerprint density at radius 1 is 1.19 bits per heavy atom. The van der Waals surface area contributed by atoms with Crippen LogP contribution < -0.4 is 11.1 Å². The first-order valence-corrected chi connectivity index (χ1v) is 8.76. The van der Waals surface area contributed by atoms with Gasteiger partial charge in [0.05, 0.1) is 5.75 Å². The van der Waals surface area contributed by atoms with Crippen LogP contribution in [0.15, 0.2) is 50.2 Å². The van der Waals surface area contributed by atoms with Crippen LogP contribution in [0.25, 0.3) is 0 Å². The first-order chi connectivity index (χ1) is 9.95. The van der Waals surface area contributed by atoms with Gasteiger partial charge in [-0.25, -0.2) is 0 Å². The lowest BCUT2D eigenvalue weighted by molar-refractivity contribution is -0.113. The van der Waals surface area contributed by atoms with Crippen LogP contribution in [-0.2, 0) is 4.79 Å². The van der Waals surface area contributed by atoms with Crippen molar-refractivity contribution >= 4 is 60.9 Å². The normalized spacial score (nSPS) is 10.4. The van der Waals surface area contributed by atoms with Crippen molar-refractivity contribution in [2.75, 3.05) is 16.8 Å². The summed E-state index contributed by atoms with van der Waals surface area (Å²) in [6.07, 6.45) is 0. The van der Waals surface area contributed by atoms with Crippen molar-refractivity contribution in [2.45, 2.75) is 11.8 Å². The van der Waals surface area contributed by atoms with E-state index in [0.29, 0.717) is 11.4 Å². The molecule has 2 rings (SSSR count). The highest BCUT2D eigenvalue weighted by Gasteiger charge is 2.07. The largest absolute Gasteiger partial charge is 0.399 e. The van der Waals surface area contributed by atoms with Crippen LogP contribution >= 0.6 is 43.6 Å². The summed E-state index contributed by atoms with van der Waals surface area (Å²) in [6.45, 7) is 1.99. The van der Waals surface area contributed by atoms with Gasteiger partial charge in [0, 0.05) is 25.2 Å². The fraction of sp³-hybridized carbons (Fsp3) is 0.133. The molecule has 21 heavy (non-hydrogen) atoms. The minimum absolute atomic E-state index is 0.0366. The lowest BCUT2D eigenvalue weighted by Crippen LogP contribution is -2.14. The molecule has 0 heterocycles. The standard InChI is InChI=1S/C15H14Br2N2OS/c1-9-6-11(3-4-12(9)16)19-15(20)8-21-14-5-2-10(18)7-13(14)17/h2-7H,8,18H2,1H3,(H,19,20). The van der Waals surface area contributed by atoms with Gasteiger partial charge in [-0.15, -0.1) is 11.8 Å². The minimum atomic E-state index is -0.0366. The maximum absolute atomic E-state index is 12.0. The third-order valence-electron chi connectivity index (χ3n) is 2.76. The molecule has 0 radical (unpaired) electrons. The number of thioether (sulfide) groups is 1. The minimum Gasteiger partial charge on any atom is -0.399 e. The molecule has 0 saturated carbocycles. The van der Waals surface area contributed by atoms with Crippen LogP contribution in [0.3, 0.4) is 0 Å². The van der Waals surface area contributed by atoms with E-state index < -0.39 is 0 Å². The average Bonchev–Trinajstić information content (AvgIpc) is 2.42. The molecule has 2 aromatic rings. The van der Waals surface area contributed by atoms with Crippen molar-refractivity contribution in [3.8, 4) is 0 Å². The van der Waals surface area contributed by atoms with Crippen LogP contribution in [0.2, 0.25) is 0 Å². The van der Waals surface area contributed by atoms with Crippen molar-refractivity contribution in [1.82, 2.24) is 0 Å². The SMILES string of the molecule is Cc1cc(NC(=O)CSc2ccc(N)cc2Br)ccc1Br. The molecule has 3 N–H and O–H groups in total. The summed E-state index contributed by atoms with van der Waals surface area (Å²) in [6, 6.07) is 11.3. The van der Waals surface area contributed by atoms with E-state index in [2.05, 4.69) is 37.2 Å². The molecule has 0 spiro atoms. The maximum Gasteiger partial charge on any atom is 0.234 e. The van der Waals surface area contributed by atoms with Crippen LogP contribution in [-0.4, -0.2) is 11.7 Å². The van der Waals surface area contributed by atoms with Gasteiger partial charge in [0.1, 0.15) is 0 Å². The molecule has 0 aliphatic carbocycles. The Labute approximate surface area is 144 Å². The van der Waals surface area contributed by atoms with E-state index in [1.165, 1.54) is 11.8 Å². The number of hydrogen-bond acceptors (Lipinski definition) is 3. The van der Waals surface area contributed by atoms with Crippen molar-refractivity contribution in [3.05, 3.63) is 50.9 Å². The number of aryl methyl sites for hydroxylation is 1. The zero-order valence-electron chi connectivity index (χ0n) is 11.3. The molecule has 6 heteroatoms. The highest BCUT2D eigenvalue weighted by atomic mass is 79.9. The molecule has 0 saturated heterocycles. The topological polar surface area (TPSA) is 55.1 Å². The summed E-state index contributed by atoms with van der Waals surface area (Å²) >= 11 is 8.35. The van der Waals surface area contributed by atoms with Gasteiger partial charge in [0.25, 0.3) is 0 Å². The monoisotopic (exact) mass is 428 g/mol. The predicted octanol–water partition coefficient (Wildman–Crippen LogP) is 4.83. The predicted molar refractivity (Wildman–Crippen MR) is 96.8 cm³/mol. The smallest absolute Gasteiger partial charge is 0.234 e.